The summed E-state index contributed by atoms with van der Waals surface area (Å²) in [4.78, 5) is 39.4. The molecule has 0 saturated carbocycles. The molecule has 0 aliphatic carbocycles. The van der Waals surface area contributed by atoms with E-state index in [4.69, 9.17) is 4.74 Å². The van der Waals surface area contributed by atoms with Crippen LogP contribution >= 0.6 is 0 Å². The smallest absolute Gasteiger partial charge is 0.306 e. The van der Waals surface area contributed by atoms with Crippen LogP contribution < -0.4 is 5.32 Å². The van der Waals surface area contributed by atoms with E-state index in [1.165, 1.54) is 0 Å². The Labute approximate surface area is 190 Å². The molecule has 1 aromatic rings. The molecule has 0 spiro atoms. The summed E-state index contributed by atoms with van der Waals surface area (Å²) in [5, 5.41) is 12.3. The summed E-state index contributed by atoms with van der Waals surface area (Å²) >= 11 is 0. The minimum Gasteiger partial charge on any atom is -0.456 e. The highest BCUT2D eigenvalue weighted by atomic mass is 16.5. The standard InChI is InChI=1S/C25H34N2O5/c1-3-5-14-24(30)32-22(19-11-7-6-8-12-19)17-26-25(31)20(10-4-2)16-23(29)27-15-9-13-21(27)18-28/h3-4,6-8,11-12,20-22,28H,1-2,5,9-10,13-18H2,(H,26,31)/t20-,21+,22-/m1/s1. The number of likely N-dealkylation sites (tertiary alicyclic amines) is 1. The van der Waals surface area contributed by atoms with E-state index in [-0.39, 0.29) is 49.8 Å². The molecule has 0 radical (unpaired) electrons. The topological polar surface area (TPSA) is 95.9 Å². The second-order valence-corrected chi connectivity index (χ2v) is 7.95. The second-order valence-electron chi connectivity index (χ2n) is 7.95. The van der Waals surface area contributed by atoms with Crippen molar-refractivity contribution >= 4 is 17.8 Å². The summed E-state index contributed by atoms with van der Waals surface area (Å²) in [6.45, 7) is 7.95. The van der Waals surface area contributed by atoms with E-state index in [2.05, 4.69) is 18.5 Å². The zero-order chi connectivity index (χ0) is 23.3. The van der Waals surface area contributed by atoms with E-state index in [0.717, 1.165) is 18.4 Å². The van der Waals surface area contributed by atoms with Crippen LogP contribution in [0.4, 0.5) is 0 Å². The lowest BCUT2D eigenvalue weighted by Gasteiger charge is -2.25. The van der Waals surface area contributed by atoms with E-state index >= 15 is 0 Å². The molecule has 2 N–H and O–H groups in total. The summed E-state index contributed by atoms with van der Waals surface area (Å²) < 4.78 is 5.60. The number of benzene rings is 1. The van der Waals surface area contributed by atoms with Crippen molar-refractivity contribution in [2.75, 3.05) is 19.7 Å². The molecular formula is C25H34N2O5. The Morgan fingerprint density at radius 3 is 2.62 bits per heavy atom. The number of nitrogens with zero attached hydrogens (tertiary/aromatic N) is 1. The maximum atomic E-state index is 12.9. The average molecular weight is 443 g/mol. The summed E-state index contributed by atoms with van der Waals surface area (Å²) in [6, 6.07) is 9.05. The van der Waals surface area contributed by atoms with Crippen LogP contribution in [0.3, 0.4) is 0 Å². The molecule has 1 aliphatic heterocycles. The van der Waals surface area contributed by atoms with Crippen LogP contribution in [0.15, 0.2) is 55.6 Å². The number of aliphatic hydroxyl groups is 1. The van der Waals surface area contributed by atoms with E-state index in [1.807, 2.05) is 30.3 Å². The fourth-order valence-corrected chi connectivity index (χ4v) is 3.84. The highest BCUT2D eigenvalue weighted by Crippen LogP contribution is 2.22. The predicted octanol–water partition coefficient (Wildman–Crippen LogP) is 2.92. The highest BCUT2D eigenvalue weighted by Gasteiger charge is 2.31. The molecule has 1 aliphatic rings. The molecule has 0 bridgehead atoms. The summed E-state index contributed by atoms with van der Waals surface area (Å²) in [5.74, 6) is -1.37. The molecule has 174 valence electrons. The normalized spacial score (nSPS) is 17.3. The molecule has 1 aromatic carbocycles. The van der Waals surface area contributed by atoms with Crippen LogP contribution in [0.1, 0.15) is 50.2 Å². The van der Waals surface area contributed by atoms with E-state index in [0.29, 0.717) is 19.4 Å². The molecule has 7 nitrogen and oxygen atoms in total. The Morgan fingerprint density at radius 2 is 1.97 bits per heavy atom. The molecule has 3 atom stereocenters. The Balaban J connectivity index is 2.01. The number of amides is 2. The molecule has 0 unspecified atom stereocenters. The van der Waals surface area contributed by atoms with Crippen LogP contribution in [0.2, 0.25) is 0 Å². The second kappa shape index (κ2) is 13.5. The third kappa shape index (κ3) is 7.64. The zero-order valence-electron chi connectivity index (χ0n) is 18.6. The van der Waals surface area contributed by atoms with Crippen molar-refractivity contribution < 1.29 is 24.2 Å². The van der Waals surface area contributed by atoms with Gasteiger partial charge < -0.3 is 20.1 Å². The molecule has 1 fully saturated rings. The van der Waals surface area contributed by atoms with Crippen molar-refractivity contribution in [1.29, 1.82) is 0 Å². The van der Waals surface area contributed by atoms with Gasteiger partial charge in [-0.05, 0) is 31.2 Å². The van der Waals surface area contributed by atoms with Crippen molar-refractivity contribution in [2.24, 2.45) is 5.92 Å². The van der Waals surface area contributed by atoms with Gasteiger partial charge in [-0.3, -0.25) is 14.4 Å². The fourth-order valence-electron chi connectivity index (χ4n) is 3.84. The van der Waals surface area contributed by atoms with Crippen LogP contribution in [0, 0.1) is 5.92 Å². The Hall–Kier alpha value is -2.93. The quantitative estimate of drug-likeness (QED) is 0.362. The van der Waals surface area contributed by atoms with Gasteiger partial charge in [0.2, 0.25) is 11.8 Å². The molecule has 2 amide bonds. The number of ether oxygens (including phenoxy) is 1. The number of nitrogens with one attached hydrogen (secondary N) is 1. The molecule has 1 saturated heterocycles. The Morgan fingerprint density at radius 1 is 1.22 bits per heavy atom. The first kappa shape index (κ1) is 25.3. The third-order valence-corrected chi connectivity index (χ3v) is 5.61. The molecule has 7 heteroatoms. The molecule has 2 rings (SSSR count). The van der Waals surface area contributed by atoms with Gasteiger partial charge in [0.25, 0.3) is 0 Å². The minimum atomic E-state index is -0.630. The first-order valence-corrected chi connectivity index (χ1v) is 11.1. The monoisotopic (exact) mass is 442 g/mol. The predicted molar refractivity (Wildman–Crippen MR) is 122 cm³/mol. The lowest BCUT2D eigenvalue weighted by atomic mass is 9.99. The lowest BCUT2D eigenvalue weighted by molar-refractivity contribution is -0.150. The van der Waals surface area contributed by atoms with E-state index < -0.39 is 12.0 Å². The first-order valence-electron chi connectivity index (χ1n) is 11.1. The highest BCUT2D eigenvalue weighted by molar-refractivity contribution is 5.86. The van der Waals surface area contributed by atoms with Gasteiger partial charge >= 0.3 is 5.97 Å². The summed E-state index contributed by atoms with van der Waals surface area (Å²) in [6.07, 6.45) is 5.40. The van der Waals surface area contributed by atoms with E-state index in [1.54, 1.807) is 17.1 Å². The number of carbonyl (C=O) groups is 3. The van der Waals surface area contributed by atoms with Gasteiger partial charge in [-0.1, -0.05) is 42.5 Å². The van der Waals surface area contributed by atoms with Crippen LogP contribution in [0.5, 0.6) is 0 Å². The Kier molecular flexibility index (Phi) is 10.7. The number of carbonyl (C=O) groups excluding carboxylic acids is 3. The SMILES string of the molecule is C=CCCC(=O)O[C@H](CNC(=O)[C@H](CC=C)CC(=O)N1CCC[C@H]1CO)c1ccccc1. The maximum absolute atomic E-state index is 12.9. The largest absolute Gasteiger partial charge is 0.456 e. The molecule has 32 heavy (non-hydrogen) atoms. The number of aliphatic hydroxyl groups excluding tert-OH is 1. The van der Waals surface area contributed by atoms with Gasteiger partial charge in [-0.2, -0.15) is 0 Å². The first-order chi connectivity index (χ1) is 15.5. The van der Waals surface area contributed by atoms with Gasteiger partial charge in [-0.25, -0.2) is 0 Å². The third-order valence-electron chi connectivity index (χ3n) is 5.61. The van der Waals surface area contributed by atoms with Gasteiger partial charge in [0.1, 0.15) is 6.10 Å². The minimum absolute atomic E-state index is 0.0451. The van der Waals surface area contributed by atoms with Gasteiger partial charge in [0, 0.05) is 19.4 Å². The van der Waals surface area contributed by atoms with E-state index in [9.17, 15) is 19.5 Å². The molecule has 0 aromatic heterocycles. The van der Waals surface area contributed by atoms with Crippen LogP contribution in [-0.2, 0) is 19.1 Å². The number of esters is 1. The summed E-state index contributed by atoms with van der Waals surface area (Å²) in [7, 11) is 0. The van der Waals surface area contributed by atoms with Crippen molar-refractivity contribution in [3.8, 4) is 0 Å². The zero-order valence-corrected chi connectivity index (χ0v) is 18.6. The van der Waals surface area contributed by atoms with Gasteiger partial charge in [-0.15, -0.1) is 13.2 Å². The number of rotatable bonds is 13. The maximum Gasteiger partial charge on any atom is 0.306 e. The number of hydrogen-bond acceptors (Lipinski definition) is 5. The lowest BCUT2D eigenvalue weighted by Crippen LogP contribution is -2.41. The van der Waals surface area contributed by atoms with Gasteiger partial charge in [0.15, 0.2) is 0 Å². The molecular weight excluding hydrogens is 408 g/mol. The van der Waals surface area contributed by atoms with Crippen molar-refractivity contribution in [2.45, 2.75) is 50.7 Å². The van der Waals surface area contributed by atoms with Gasteiger partial charge in [0.05, 0.1) is 25.1 Å². The molecule has 1 heterocycles. The number of allylic oxidation sites excluding steroid dienone is 2. The van der Waals surface area contributed by atoms with Crippen LogP contribution in [-0.4, -0.2) is 53.5 Å². The van der Waals surface area contributed by atoms with Crippen molar-refractivity contribution in [3.05, 3.63) is 61.2 Å². The summed E-state index contributed by atoms with van der Waals surface area (Å²) in [5.41, 5.74) is 0.777. The average Bonchev–Trinajstić information content (AvgIpc) is 3.29. The van der Waals surface area contributed by atoms with Crippen molar-refractivity contribution in [1.82, 2.24) is 10.2 Å². The number of hydrogen-bond donors (Lipinski definition) is 2. The van der Waals surface area contributed by atoms with Crippen LogP contribution in [0.25, 0.3) is 0 Å². The van der Waals surface area contributed by atoms with Crippen molar-refractivity contribution in [3.63, 3.8) is 0 Å². The fraction of sp³-hybridized carbons (Fsp3) is 0.480. The Bertz CT molecular complexity index is 780.